The predicted molar refractivity (Wildman–Crippen MR) is 130 cm³/mol. The van der Waals surface area contributed by atoms with Gasteiger partial charge in [0, 0.05) is 0 Å². The molecule has 1 aliphatic carbocycles. The molecule has 162 valence electrons. The van der Waals surface area contributed by atoms with Crippen molar-refractivity contribution >= 4 is 0 Å². The summed E-state index contributed by atoms with van der Waals surface area (Å²) >= 11 is 0. The topological polar surface area (TPSA) is 9.23 Å². The molecule has 0 bridgehead atoms. The van der Waals surface area contributed by atoms with E-state index < -0.39 is 0 Å². The maximum atomic E-state index is 5.45. The van der Waals surface area contributed by atoms with Crippen LogP contribution in [0.2, 0.25) is 0 Å². The smallest absolute Gasteiger partial charge is 0.122 e. The van der Waals surface area contributed by atoms with Crippen molar-refractivity contribution in [3.8, 4) is 5.75 Å². The van der Waals surface area contributed by atoms with Crippen molar-refractivity contribution < 1.29 is 4.74 Å². The van der Waals surface area contributed by atoms with Crippen LogP contribution in [0.15, 0.2) is 24.3 Å². The quantitative estimate of drug-likeness (QED) is 0.505. The van der Waals surface area contributed by atoms with Crippen LogP contribution in [0.4, 0.5) is 0 Å². The Hall–Kier alpha value is -1.76. The molecule has 1 nitrogen and oxygen atoms in total. The molecule has 0 spiro atoms. The lowest BCUT2D eigenvalue weighted by atomic mass is 9.84. The monoisotopic (exact) mass is 396 g/mol. The van der Waals surface area contributed by atoms with E-state index in [0.717, 1.165) is 5.75 Å². The summed E-state index contributed by atoms with van der Waals surface area (Å²) in [5, 5.41) is 0. The number of ether oxygens (including phenoxy) is 1. The molecular formula is C28H44O. The second kappa shape index (κ2) is 12.1. The first-order valence-corrected chi connectivity index (χ1v) is 11.5. The number of aryl methyl sites for hydroxylation is 3. The largest absolute Gasteiger partial charge is 0.496 e. The van der Waals surface area contributed by atoms with Gasteiger partial charge in [0.15, 0.2) is 0 Å². The van der Waals surface area contributed by atoms with Gasteiger partial charge in [-0.05, 0) is 97.7 Å². The van der Waals surface area contributed by atoms with Gasteiger partial charge in [0.05, 0.1) is 7.11 Å². The first-order chi connectivity index (χ1) is 13.8. The highest BCUT2D eigenvalue weighted by Crippen LogP contribution is 2.34. The lowest BCUT2D eigenvalue weighted by Crippen LogP contribution is -2.09. The number of methoxy groups -OCH3 is 1. The molecule has 0 amide bonds. The van der Waals surface area contributed by atoms with Crippen molar-refractivity contribution in [2.75, 3.05) is 7.11 Å². The Morgan fingerprint density at radius 1 is 0.759 bits per heavy atom. The van der Waals surface area contributed by atoms with Crippen LogP contribution in [-0.4, -0.2) is 7.11 Å². The summed E-state index contributed by atoms with van der Waals surface area (Å²) in [6.45, 7) is 19.6. The lowest BCUT2D eigenvalue weighted by molar-refractivity contribution is 0.405. The second-order valence-corrected chi connectivity index (χ2v) is 8.64. The fourth-order valence-corrected chi connectivity index (χ4v) is 4.70. The van der Waals surface area contributed by atoms with E-state index in [0.29, 0.717) is 11.8 Å². The molecule has 1 heteroatoms. The molecule has 2 aromatic rings. The van der Waals surface area contributed by atoms with Gasteiger partial charge in [0.2, 0.25) is 0 Å². The van der Waals surface area contributed by atoms with Crippen molar-refractivity contribution in [2.45, 2.75) is 99.8 Å². The highest BCUT2D eigenvalue weighted by Gasteiger charge is 2.18. The molecule has 0 fully saturated rings. The minimum absolute atomic E-state index is 0.628. The third kappa shape index (κ3) is 6.63. The molecule has 0 saturated carbocycles. The number of hydrogen-bond acceptors (Lipinski definition) is 1. The van der Waals surface area contributed by atoms with Crippen LogP contribution in [0.3, 0.4) is 0 Å². The van der Waals surface area contributed by atoms with Gasteiger partial charge in [-0.15, -0.1) is 0 Å². The van der Waals surface area contributed by atoms with Crippen molar-refractivity contribution in [1.82, 2.24) is 0 Å². The Kier molecular flexibility index (Phi) is 10.5. The minimum Gasteiger partial charge on any atom is -0.496 e. The molecular weight excluding hydrogens is 352 g/mol. The molecule has 29 heavy (non-hydrogen) atoms. The summed E-state index contributed by atoms with van der Waals surface area (Å²) in [6.07, 6.45) is 5.07. The van der Waals surface area contributed by atoms with Gasteiger partial charge >= 0.3 is 0 Å². The van der Waals surface area contributed by atoms with E-state index in [1.54, 1.807) is 12.7 Å². The Morgan fingerprint density at radius 3 is 1.72 bits per heavy atom. The van der Waals surface area contributed by atoms with E-state index in [1.165, 1.54) is 59.1 Å². The molecule has 0 aromatic heterocycles. The van der Waals surface area contributed by atoms with Crippen LogP contribution < -0.4 is 4.74 Å². The standard InChI is InChI=1S/C14H20O.C12H18.C2H6/c1-10(2)11-8-9-14(15-3)13-7-5-4-6-12(11)13;1-8(2)12-10(4)6-9(3)7-11(12)5;1-2/h8-10H,4-7H2,1-3H3;6-8H,1-5H3;1-2H3. The zero-order valence-electron chi connectivity index (χ0n) is 20.7. The van der Waals surface area contributed by atoms with Crippen LogP contribution in [0, 0.1) is 20.8 Å². The molecule has 0 N–H and O–H groups in total. The summed E-state index contributed by atoms with van der Waals surface area (Å²) in [4.78, 5) is 0. The van der Waals surface area contributed by atoms with Gasteiger partial charge < -0.3 is 4.74 Å². The molecule has 2 aromatic carbocycles. The highest BCUT2D eigenvalue weighted by molar-refractivity contribution is 5.47. The molecule has 0 aliphatic heterocycles. The number of benzene rings is 2. The van der Waals surface area contributed by atoms with Crippen molar-refractivity contribution in [2.24, 2.45) is 0 Å². The predicted octanol–water partition coefficient (Wildman–Crippen LogP) is 8.46. The molecule has 3 rings (SSSR count). The van der Waals surface area contributed by atoms with Crippen LogP contribution in [0.25, 0.3) is 0 Å². The van der Waals surface area contributed by atoms with Gasteiger partial charge in [-0.3, -0.25) is 0 Å². The van der Waals surface area contributed by atoms with Crippen molar-refractivity contribution in [1.29, 1.82) is 0 Å². The summed E-state index contributed by atoms with van der Waals surface area (Å²) in [6, 6.07) is 8.91. The van der Waals surface area contributed by atoms with Crippen molar-refractivity contribution in [3.63, 3.8) is 0 Å². The van der Waals surface area contributed by atoms with Crippen LogP contribution in [0.5, 0.6) is 5.75 Å². The molecule has 0 atom stereocenters. The van der Waals surface area contributed by atoms with E-state index in [9.17, 15) is 0 Å². The van der Waals surface area contributed by atoms with Gasteiger partial charge in [0.1, 0.15) is 5.75 Å². The maximum Gasteiger partial charge on any atom is 0.122 e. The Morgan fingerprint density at radius 2 is 1.28 bits per heavy atom. The fraction of sp³-hybridized carbons (Fsp3) is 0.571. The van der Waals surface area contributed by atoms with E-state index in [-0.39, 0.29) is 0 Å². The van der Waals surface area contributed by atoms with Crippen LogP contribution >= 0.6 is 0 Å². The van der Waals surface area contributed by atoms with Crippen LogP contribution in [0.1, 0.15) is 105 Å². The lowest BCUT2D eigenvalue weighted by Gasteiger charge is -2.23. The second-order valence-electron chi connectivity index (χ2n) is 8.64. The van der Waals surface area contributed by atoms with E-state index in [4.69, 9.17) is 4.74 Å². The summed E-state index contributed by atoms with van der Waals surface area (Å²) in [5.74, 6) is 2.36. The third-order valence-electron chi connectivity index (χ3n) is 5.69. The Bertz CT molecular complexity index is 745. The highest BCUT2D eigenvalue weighted by atomic mass is 16.5. The zero-order chi connectivity index (χ0) is 22.1. The zero-order valence-corrected chi connectivity index (χ0v) is 20.7. The molecule has 0 radical (unpaired) electrons. The average Bonchev–Trinajstić information content (AvgIpc) is 2.68. The van der Waals surface area contributed by atoms with Crippen LogP contribution in [-0.2, 0) is 12.8 Å². The molecule has 0 saturated heterocycles. The normalized spacial score (nSPS) is 12.6. The SMILES string of the molecule is CC.COc1ccc(C(C)C)c2c1CCCC2.Cc1cc(C)c(C(C)C)c(C)c1. The third-order valence-corrected chi connectivity index (χ3v) is 5.69. The van der Waals surface area contributed by atoms with E-state index in [1.807, 2.05) is 13.8 Å². The van der Waals surface area contributed by atoms with E-state index >= 15 is 0 Å². The van der Waals surface area contributed by atoms with E-state index in [2.05, 4.69) is 72.7 Å². The molecule has 0 heterocycles. The maximum absolute atomic E-state index is 5.45. The van der Waals surface area contributed by atoms with Gasteiger partial charge in [0.25, 0.3) is 0 Å². The summed E-state index contributed by atoms with van der Waals surface area (Å²) < 4.78 is 5.45. The first-order valence-electron chi connectivity index (χ1n) is 11.5. The fourth-order valence-electron chi connectivity index (χ4n) is 4.70. The van der Waals surface area contributed by atoms with Gasteiger partial charge in [-0.25, -0.2) is 0 Å². The first kappa shape index (κ1) is 25.3. The number of fused-ring (bicyclic) bond motifs is 1. The van der Waals surface area contributed by atoms with Gasteiger partial charge in [-0.2, -0.15) is 0 Å². The minimum atomic E-state index is 0.628. The van der Waals surface area contributed by atoms with Gasteiger partial charge in [-0.1, -0.05) is 65.3 Å². The summed E-state index contributed by atoms with van der Waals surface area (Å²) in [5.41, 5.74) is 10.3. The van der Waals surface area contributed by atoms with Crippen molar-refractivity contribution in [3.05, 3.63) is 63.2 Å². The Labute approximate surface area is 180 Å². The number of rotatable bonds is 3. The average molecular weight is 397 g/mol. The molecule has 1 aliphatic rings. The number of hydrogen-bond donors (Lipinski definition) is 0. The molecule has 0 unspecified atom stereocenters. The summed E-state index contributed by atoms with van der Waals surface area (Å²) in [7, 11) is 1.78. The Balaban J connectivity index is 0.000000273.